The fraction of sp³-hybridized carbons (Fsp3) is 0.188. The molecule has 27 heavy (non-hydrogen) atoms. The van der Waals surface area contributed by atoms with Crippen LogP contribution in [0.2, 0.25) is 5.02 Å². The summed E-state index contributed by atoms with van der Waals surface area (Å²) in [6.07, 6.45) is -4.65. The third-order valence-electron chi connectivity index (χ3n) is 3.59. The van der Waals surface area contributed by atoms with E-state index < -0.39 is 38.9 Å². The Bertz CT molecular complexity index is 948. The number of hydrogen-bond acceptors (Lipinski definition) is 3. The minimum absolute atomic E-state index is 0.0799. The molecule has 0 saturated heterocycles. The van der Waals surface area contributed by atoms with E-state index in [0.717, 1.165) is 12.1 Å². The fourth-order valence-corrected chi connectivity index (χ4v) is 2.95. The Morgan fingerprint density at radius 3 is 2.26 bits per heavy atom. The zero-order chi connectivity index (χ0) is 20.4. The van der Waals surface area contributed by atoms with Gasteiger partial charge in [0.05, 0.1) is 21.5 Å². The van der Waals surface area contributed by atoms with Crippen LogP contribution in [0.4, 0.5) is 23.7 Å². The normalized spacial score (nSPS) is 13.1. The van der Waals surface area contributed by atoms with Crippen LogP contribution in [-0.4, -0.2) is 14.4 Å². The first kappa shape index (κ1) is 21.0. The number of benzene rings is 2. The number of nitrogens with one attached hydrogen (secondary N) is 2. The van der Waals surface area contributed by atoms with Gasteiger partial charge in [0, 0.05) is 5.69 Å². The van der Waals surface area contributed by atoms with Crippen molar-refractivity contribution in [3.63, 3.8) is 0 Å². The first-order chi connectivity index (χ1) is 12.4. The van der Waals surface area contributed by atoms with Gasteiger partial charge in [0.15, 0.2) is 0 Å². The zero-order valence-electron chi connectivity index (χ0n) is 13.8. The Morgan fingerprint density at radius 2 is 1.74 bits per heavy atom. The minimum atomic E-state index is -4.65. The average molecular weight is 422 g/mol. The van der Waals surface area contributed by atoms with Gasteiger partial charge in [-0.3, -0.25) is 0 Å². The van der Waals surface area contributed by atoms with E-state index >= 15 is 0 Å². The number of rotatable bonds is 4. The standard InChI is InChI=1S/C16H15ClF3N3O3S/c1-9(10-2-5-12(6-3-10)27(21,25)26)22-15(24)23-11-4-7-14(17)13(8-11)16(18,19)20/h2-9H,1H3,(H2,21,25,26)(H2,22,23,24)/t9-/m0/s1. The van der Waals surface area contributed by atoms with Crippen LogP contribution >= 0.6 is 11.6 Å². The van der Waals surface area contributed by atoms with E-state index in [2.05, 4.69) is 10.6 Å². The van der Waals surface area contributed by atoms with Gasteiger partial charge in [-0.2, -0.15) is 13.2 Å². The minimum Gasteiger partial charge on any atom is -0.331 e. The van der Waals surface area contributed by atoms with Crippen molar-refractivity contribution in [1.82, 2.24) is 5.32 Å². The number of hydrogen-bond donors (Lipinski definition) is 3. The Hall–Kier alpha value is -2.30. The highest BCUT2D eigenvalue weighted by Crippen LogP contribution is 2.36. The fourth-order valence-electron chi connectivity index (χ4n) is 2.21. The molecule has 0 aliphatic heterocycles. The zero-order valence-corrected chi connectivity index (χ0v) is 15.4. The van der Waals surface area contributed by atoms with E-state index in [1.165, 1.54) is 30.3 Å². The molecule has 0 radical (unpaired) electrons. The van der Waals surface area contributed by atoms with Crippen molar-refractivity contribution in [3.05, 3.63) is 58.6 Å². The molecule has 0 unspecified atom stereocenters. The van der Waals surface area contributed by atoms with Crippen molar-refractivity contribution in [1.29, 1.82) is 0 Å². The lowest BCUT2D eigenvalue weighted by atomic mass is 10.1. The number of amides is 2. The second kappa shape index (κ2) is 7.75. The molecular weight excluding hydrogens is 407 g/mol. The van der Waals surface area contributed by atoms with Crippen LogP contribution in [0.3, 0.4) is 0 Å². The summed E-state index contributed by atoms with van der Waals surface area (Å²) in [6.45, 7) is 1.62. The molecule has 2 rings (SSSR count). The average Bonchev–Trinajstić information content (AvgIpc) is 2.54. The maximum atomic E-state index is 12.8. The summed E-state index contributed by atoms with van der Waals surface area (Å²) in [6, 6.07) is 7.22. The van der Waals surface area contributed by atoms with Crippen molar-refractivity contribution in [2.45, 2.75) is 24.0 Å². The van der Waals surface area contributed by atoms with Crippen molar-refractivity contribution in [3.8, 4) is 0 Å². The molecule has 0 fully saturated rings. The molecule has 2 amide bonds. The summed E-state index contributed by atoms with van der Waals surface area (Å²) < 4.78 is 61.0. The topological polar surface area (TPSA) is 101 Å². The molecular formula is C16H15ClF3N3O3S. The van der Waals surface area contributed by atoms with Gasteiger partial charge in [-0.25, -0.2) is 18.4 Å². The summed E-state index contributed by atoms with van der Waals surface area (Å²) in [7, 11) is -3.83. The molecule has 0 aromatic heterocycles. The largest absolute Gasteiger partial charge is 0.417 e. The van der Waals surface area contributed by atoms with E-state index in [-0.39, 0.29) is 10.6 Å². The molecule has 0 aliphatic rings. The number of nitrogens with two attached hydrogens (primary N) is 1. The third kappa shape index (κ3) is 5.59. The smallest absolute Gasteiger partial charge is 0.331 e. The lowest BCUT2D eigenvalue weighted by molar-refractivity contribution is -0.137. The molecule has 1 atom stereocenters. The van der Waals surface area contributed by atoms with Crippen molar-refractivity contribution >= 4 is 33.3 Å². The molecule has 146 valence electrons. The third-order valence-corrected chi connectivity index (χ3v) is 4.84. The quantitative estimate of drug-likeness (QED) is 0.698. The number of sulfonamides is 1. The van der Waals surface area contributed by atoms with Crippen molar-refractivity contribution < 1.29 is 26.4 Å². The van der Waals surface area contributed by atoms with Crippen LogP contribution in [0, 0.1) is 0 Å². The number of alkyl halides is 3. The Morgan fingerprint density at radius 1 is 1.15 bits per heavy atom. The second-order valence-corrected chi connectivity index (χ2v) is 7.60. The molecule has 6 nitrogen and oxygen atoms in total. The Labute approximate surface area is 158 Å². The number of halogens is 4. The lowest BCUT2D eigenvalue weighted by Crippen LogP contribution is -2.31. The highest BCUT2D eigenvalue weighted by Gasteiger charge is 2.33. The number of carbonyl (C=O) groups is 1. The predicted molar refractivity (Wildman–Crippen MR) is 94.8 cm³/mol. The van der Waals surface area contributed by atoms with Gasteiger partial charge in [0.25, 0.3) is 0 Å². The number of urea groups is 1. The summed E-state index contributed by atoms with van der Waals surface area (Å²) in [5, 5.41) is 9.35. The highest BCUT2D eigenvalue weighted by atomic mass is 35.5. The number of carbonyl (C=O) groups excluding carboxylic acids is 1. The SMILES string of the molecule is C[C@H](NC(=O)Nc1ccc(Cl)c(C(F)(F)F)c1)c1ccc(S(N)(=O)=O)cc1. The molecule has 0 bridgehead atoms. The Balaban J connectivity index is 2.07. The second-order valence-electron chi connectivity index (χ2n) is 5.63. The molecule has 0 saturated carbocycles. The van der Waals surface area contributed by atoms with Gasteiger partial charge in [0.2, 0.25) is 10.0 Å². The summed E-state index contributed by atoms with van der Waals surface area (Å²) in [5.41, 5.74) is -0.570. The molecule has 0 aliphatic carbocycles. The molecule has 4 N–H and O–H groups in total. The van der Waals surface area contributed by atoms with Crippen LogP contribution in [0.25, 0.3) is 0 Å². The van der Waals surface area contributed by atoms with Gasteiger partial charge in [0.1, 0.15) is 0 Å². The van der Waals surface area contributed by atoms with Crippen molar-refractivity contribution in [2.75, 3.05) is 5.32 Å². The molecule has 2 aromatic rings. The lowest BCUT2D eigenvalue weighted by Gasteiger charge is -2.16. The molecule has 0 heterocycles. The maximum absolute atomic E-state index is 12.8. The maximum Gasteiger partial charge on any atom is 0.417 e. The summed E-state index contributed by atoms with van der Waals surface area (Å²) >= 11 is 5.53. The first-order valence-corrected chi connectivity index (χ1v) is 9.37. The van der Waals surface area contributed by atoms with E-state index in [1.807, 2.05) is 0 Å². The molecule has 11 heteroatoms. The molecule has 2 aromatic carbocycles. The van der Waals surface area contributed by atoms with E-state index in [9.17, 15) is 26.4 Å². The van der Waals surface area contributed by atoms with E-state index in [1.54, 1.807) is 6.92 Å². The van der Waals surface area contributed by atoms with Crippen molar-refractivity contribution in [2.24, 2.45) is 5.14 Å². The molecule has 0 spiro atoms. The van der Waals surface area contributed by atoms with E-state index in [4.69, 9.17) is 16.7 Å². The van der Waals surface area contributed by atoms with E-state index in [0.29, 0.717) is 5.56 Å². The van der Waals surface area contributed by atoms with Crippen LogP contribution in [0.5, 0.6) is 0 Å². The Kier molecular flexibility index (Phi) is 6.03. The predicted octanol–water partition coefficient (Wildman–Crippen LogP) is 3.89. The van der Waals surface area contributed by atoms with Gasteiger partial charge in [-0.05, 0) is 42.8 Å². The summed E-state index contributed by atoms with van der Waals surface area (Å²) in [5.74, 6) is 0. The van der Waals surface area contributed by atoms with Gasteiger partial charge < -0.3 is 10.6 Å². The number of primary sulfonamides is 1. The van der Waals surface area contributed by atoms with Crippen LogP contribution in [0.15, 0.2) is 47.4 Å². The van der Waals surface area contributed by atoms with Gasteiger partial charge in [-0.15, -0.1) is 0 Å². The van der Waals surface area contributed by atoms with Crippen LogP contribution in [0.1, 0.15) is 24.1 Å². The van der Waals surface area contributed by atoms with Gasteiger partial charge >= 0.3 is 12.2 Å². The highest BCUT2D eigenvalue weighted by molar-refractivity contribution is 7.89. The first-order valence-electron chi connectivity index (χ1n) is 7.45. The van der Waals surface area contributed by atoms with Crippen LogP contribution < -0.4 is 15.8 Å². The summed E-state index contributed by atoms with van der Waals surface area (Å²) in [4.78, 5) is 11.9. The number of anilines is 1. The monoisotopic (exact) mass is 421 g/mol. The van der Waals surface area contributed by atoms with Crippen LogP contribution in [-0.2, 0) is 16.2 Å². The van der Waals surface area contributed by atoms with Gasteiger partial charge in [-0.1, -0.05) is 23.7 Å².